The molecule has 0 N–H and O–H groups in total. The van der Waals surface area contributed by atoms with Crippen molar-refractivity contribution in [3.8, 4) is 0 Å². The van der Waals surface area contributed by atoms with Crippen LogP contribution in [0.5, 0.6) is 0 Å². The van der Waals surface area contributed by atoms with Gasteiger partial charge in [0.15, 0.2) is 0 Å². The normalized spacial score (nSPS) is 15.4. The van der Waals surface area contributed by atoms with Gasteiger partial charge in [0.05, 0.1) is 4.90 Å². The minimum absolute atomic E-state index is 0.0980. The number of rotatable bonds is 4. The second kappa shape index (κ2) is 6.45. The minimum Gasteiger partial charge on any atom is -0.287 e. The van der Waals surface area contributed by atoms with E-state index in [-0.39, 0.29) is 21.8 Å². The van der Waals surface area contributed by atoms with Gasteiger partial charge in [-0.15, -0.1) is 0 Å². The van der Waals surface area contributed by atoms with Gasteiger partial charge in [0.1, 0.15) is 5.69 Å². The quantitative estimate of drug-likeness (QED) is 0.618. The zero-order valence-electron chi connectivity index (χ0n) is 16.3. The Bertz CT molecular complexity index is 1150. The average molecular weight is 394 g/mol. The Kier molecular flexibility index (Phi) is 4.31. The van der Waals surface area contributed by atoms with E-state index in [0.717, 1.165) is 11.1 Å². The van der Waals surface area contributed by atoms with Crippen LogP contribution >= 0.6 is 0 Å². The summed E-state index contributed by atoms with van der Waals surface area (Å²) in [6.07, 6.45) is 1.28. The SMILES string of the molecule is Cc1ccc(S(=O)(=O)n2c3cc(c2C(=O)c2ccccc2)CC(C)(C)C3)cc1. The van der Waals surface area contributed by atoms with Gasteiger partial charge in [-0.1, -0.05) is 61.9 Å². The summed E-state index contributed by atoms with van der Waals surface area (Å²) in [5, 5.41) is 0. The second-order valence-electron chi connectivity index (χ2n) is 8.30. The molecule has 0 aliphatic heterocycles. The van der Waals surface area contributed by atoms with E-state index in [1.54, 1.807) is 48.5 Å². The van der Waals surface area contributed by atoms with Crippen molar-refractivity contribution in [1.82, 2.24) is 3.97 Å². The molecule has 144 valence electrons. The van der Waals surface area contributed by atoms with Crippen LogP contribution in [-0.4, -0.2) is 18.2 Å². The van der Waals surface area contributed by atoms with Crippen molar-refractivity contribution in [3.63, 3.8) is 0 Å². The summed E-state index contributed by atoms with van der Waals surface area (Å²) >= 11 is 0. The Morgan fingerprint density at radius 1 is 0.964 bits per heavy atom. The van der Waals surface area contributed by atoms with Gasteiger partial charge < -0.3 is 0 Å². The first kappa shape index (κ1) is 18.7. The lowest BCUT2D eigenvalue weighted by Crippen LogP contribution is -2.23. The highest BCUT2D eigenvalue weighted by Gasteiger charge is 2.37. The van der Waals surface area contributed by atoms with E-state index in [2.05, 4.69) is 13.8 Å². The molecule has 0 spiro atoms. The summed E-state index contributed by atoms with van der Waals surface area (Å²) in [6.45, 7) is 6.12. The smallest absolute Gasteiger partial charge is 0.268 e. The molecule has 1 aromatic heterocycles. The van der Waals surface area contributed by atoms with Crippen LogP contribution in [-0.2, 0) is 22.9 Å². The zero-order chi connectivity index (χ0) is 20.1. The molecule has 1 heterocycles. The summed E-state index contributed by atoms with van der Waals surface area (Å²) in [5.74, 6) is -0.254. The van der Waals surface area contributed by atoms with Crippen molar-refractivity contribution in [2.24, 2.45) is 5.41 Å². The van der Waals surface area contributed by atoms with Crippen molar-refractivity contribution >= 4 is 15.8 Å². The maximum atomic E-state index is 13.5. The van der Waals surface area contributed by atoms with Gasteiger partial charge in [0.2, 0.25) is 5.78 Å². The number of nitrogens with zero attached hydrogens (tertiary/aromatic N) is 1. The van der Waals surface area contributed by atoms with Crippen molar-refractivity contribution < 1.29 is 13.2 Å². The molecule has 3 aromatic rings. The van der Waals surface area contributed by atoms with E-state index in [1.807, 2.05) is 19.1 Å². The molecular weight excluding hydrogens is 370 g/mol. The molecule has 1 aliphatic carbocycles. The van der Waals surface area contributed by atoms with Crippen LogP contribution in [0.1, 0.15) is 46.7 Å². The second-order valence-corrected chi connectivity index (χ2v) is 10.1. The van der Waals surface area contributed by atoms with Gasteiger partial charge in [-0.25, -0.2) is 12.4 Å². The third-order valence-electron chi connectivity index (χ3n) is 5.25. The maximum absolute atomic E-state index is 13.5. The number of aryl methyl sites for hydroxylation is 1. The number of hydrogen-bond acceptors (Lipinski definition) is 3. The number of benzene rings is 2. The van der Waals surface area contributed by atoms with Crippen LogP contribution in [0.2, 0.25) is 0 Å². The first-order chi connectivity index (χ1) is 13.2. The molecular formula is C23H23NO3S. The molecule has 0 unspecified atom stereocenters. The highest BCUT2D eigenvalue weighted by molar-refractivity contribution is 7.90. The zero-order valence-corrected chi connectivity index (χ0v) is 17.1. The summed E-state index contributed by atoms with van der Waals surface area (Å²) in [6, 6.07) is 17.5. The lowest BCUT2D eigenvalue weighted by atomic mass is 9.78. The van der Waals surface area contributed by atoms with E-state index in [9.17, 15) is 13.2 Å². The summed E-state index contributed by atoms with van der Waals surface area (Å²) in [7, 11) is -3.88. The fourth-order valence-electron chi connectivity index (χ4n) is 3.98. The molecule has 0 atom stereocenters. The number of carbonyl (C=O) groups excluding carboxylic acids is 1. The fraction of sp³-hybridized carbons (Fsp3) is 0.261. The molecule has 28 heavy (non-hydrogen) atoms. The topological polar surface area (TPSA) is 56.1 Å². The lowest BCUT2D eigenvalue weighted by Gasteiger charge is -2.26. The third-order valence-corrected chi connectivity index (χ3v) is 7.01. The van der Waals surface area contributed by atoms with E-state index < -0.39 is 10.0 Å². The van der Waals surface area contributed by atoms with Crippen molar-refractivity contribution in [2.75, 3.05) is 0 Å². The van der Waals surface area contributed by atoms with Gasteiger partial charge in [-0.2, -0.15) is 0 Å². The molecule has 0 amide bonds. The van der Waals surface area contributed by atoms with Crippen LogP contribution in [0.25, 0.3) is 0 Å². The van der Waals surface area contributed by atoms with Crippen molar-refractivity contribution in [3.05, 3.63) is 88.7 Å². The molecule has 5 heteroatoms. The summed E-state index contributed by atoms with van der Waals surface area (Å²) in [4.78, 5) is 13.5. The minimum atomic E-state index is -3.88. The molecule has 0 radical (unpaired) electrons. The Morgan fingerprint density at radius 2 is 1.61 bits per heavy atom. The number of hydrogen-bond donors (Lipinski definition) is 0. The van der Waals surface area contributed by atoms with Crippen molar-refractivity contribution in [2.45, 2.75) is 38.5 Å². The number of carbonyl (C=O) groups is 1. The lowest BCUT2D eigenvalue weighted by molar-refractivity contribution is 0.103. The highest BCUT2D eigenvalue weighted by atomic mass is 32.2. The average Bonchev–Trinajstić information content (AvgIpc) is 2.93. The van der Waals surface area contributed by atoms with E-state index in [4.69, 9.17) is 0 Å². The monoisotopic (exact) mass is 393 g/mol. The van der Waals surface area contributed by atoms with Crippen LogP contribution < -0.4 is 0 Å². The molecule has 2 bridgehead atoms. The molecule has 4 nitrogen and oxygen atoms in total. The van der Waals surface area contributed by atoms with Crippen LogP contribution in [0.4, 0.5) is 0 Å². The molecule has 0 fully saturated rings. The van der Waals surface area contributed by atoms with E-state index in [1.165, 1.54) is 3.97 Å². The van der Waals surface area contributed by atoms with Gasteiger partial charge in [-0.05, 0) is 48.9 Å². The molecule has 2 aromatic carbocycles. The first-order valence-corrected chi connectivity index (χ1v) is 10.8. The number of aromatic nitrogens is 1. The predicted octanol–water partition coefficient (Wildman–Crippen LogP) is 4.39. The van der Waals surface area contributed by atoms with Crippen LogP contribution in [0.15, 0.2) is 65.6 Å². The third kappa shape index (κ3) is 3.10. The Balaban J connectivity index is 1.95. The van der Waals surface area contributed by atoms with Gasteiger partial charge in [0, 0.05) is 11.3 Å². The standard InChI is InChI=1S/C23H23NO3S/c1-16-9-11-20(12-10-16)28(26,27)24-19-13-18(14-23(2,3)15-19)21(24)22(25)17-7-5-4-6-8-17/h4-13H,14-15H2,1-3H3. The maximum Gasteiger partial charge on any atom is 0.268 e. The van der Waals surface area contributed by atoms with Gasteiger partial charge in [-0.3, -0.25) is 4.79 Å². The van der Waals surface area contributed by atoms with Gasteiger partial charge in [0.25, 0.3) is 10.0 Å². The van der Waals surface area contributed by atoms with Gasteiger partial charge >= 0.3 is 0 Å². The molecule has 0 saturated heterocycles. The fourth-order valence-corrected chi connectivity index (χ4v) is 5.54. The van der Waals surface area contributed by atoms with E-state index >= 15 is 0 Å². The summed E-state index contributed by atoms with van der Waals surface area (Å²) in [5.41, 5.74) is 3.13. The van der Waals surface area contributed by atoms with Crippen molar-refractivity contribution in [1.29, 1.82) is 0 Å². The molecule has 1 aliphatic rings. The Morgan fingerprint density at radius 3 is 2.25 bits per heavy atom. The highest BCUT2D eigenvalue weighted by Crippen LogP contribution is 2.38. The Labute approximate surface area is 165 Å². The first-order valence-electron chi connectivity index (χ1n) is 9.34. The summed E-state index contributed by atoms with van der Waals surface area (Å²) < 4.78 is 28.4. The predicted molar refractivity (Wildman–Crippen MR) is 109 cm³/mol. The molecule has 4 rings (SSSR count). The number of fused-ring (bicyclic) bond motifs is 2. The number of ketones is 1. The molecule has 0 saturated carbocycles. The van der Waals surface area contributed by atoms with Crippen LogP contribution in [0, 0.1) is 12.3 Å². The van der Waals surface area contributed by atoms with Crippen LogP contribution in [0.3, 0.4) is 0 Å². The largest absolute Gasteiger partial charge is 0.287 e. The Hall–Kier alpha value is -2.66. The van der Waals surface area contributed by atoms with E-state index in [0.29, 0.717) is 24.1 Å².